The quantitative estimate of drug-likeness (QED) is 0.726. The lowest BCUT2D eigenvalue weighted by Crippen LogP contribution is -2.51. The summed E-state index contributed by atoms with van der Waals surface area (Å²) in [5, 5.41) is 3.03. The van der Waals surface area contributed by atoms with Gasteiger partial charge in [-0.05, 0) is 26.8 Å². The normalized spacial score (nSPS) is 22.1. The fourth-order valence-corrected chi connectivity index (χ4v) is 2.87. The summed E-state index contributed by atoms with van der Waals surface area (Å²) in [5.41, 5.74) is 0. The highest BCUT2D eigenvalue weighted by atomic mass is 32.2. The van der Waals surface area contributed by atoms with Gasteiger partial charge in [0.05, 0.1) is 6.61 Å². The van der Waals surface area contributed by atoms with E-state index in [0.717, 1.165) is 12.8 Å². The van der Waals surface area contributed by atoms with Crippen LogP contribution >= 0.6 is 0 Å². The van der Waals surface area contributed by atoms with Crippen molar-refractivity contribution in [3.05, 3.63) is 0 Å². The van der Waals surface area contributed by atoms with Crippen molar-refractivity contribution in [2.45, 2.75) is 25.8 Å². The predicted molar refractivity (Wildman–Crippen MR) is 62.7 cm³/mol. The maximum Gasteiger partial charge on any atom is 0.421 e. The molecular weight excluding hydrogens is 246 g/mol. The Hall–Kier alpha value is -0.860. The summed E-state index contributed by atoms with van der Waals surface area (Å²) in [5.74, 6) is 0. The minimum Gasteiger partial charge on any atom is -0.449 e. The summed E-state index contributed by atoms with van der Waals surface area (Å²) in [6.45, 7) is 2.54. The molecule has 1 rings (SSSR count). The van der Waals surface area contributed by atoms with Gasteiger partial charge in [-0.15, -0.1) is 0 Å². The molecule has 0 aromatic heterocycles. The smallest absolute Gasteiger partial charge is 0.421 e. The zero-order valence-corrected chi connectivity index (χ0v) is 10.9. The molecule has 1 saturated heterocycles. The van der Waals surface area contributed by atoms with Crippen LogP contribution in [-0.2, 0) is 14.9 Å². The summed E-state index contributed by atoms with van der Waals surface area (Å²) in [7, 11) is -1.99. The third kappa shape index (κ3) is 4.14. The first-order valence-corrected chi connectivity index (χ1v) is 7.05. The van der Waals surface area contributed by atoms with Gasteiger partial charge in [0.1, 0.15) is 0 Å². The first kappa shape index (κ1) is 14.2. The molecule has 17 heavy (non-hydrogen) atoms. The number of hydrogen-bond acceptors (Lipinski definition) is 5. The van der Waals surface area contributed by atoms with E-state index < -0.39 is 16.3 Å². The molecule has 0 bridgehead atoms. The van der Waals surface area contributed by atoms with Crippen LogP contribution in [0.15, 0.2) is 0 Å². The number of carbonyl (C=O) groups is 1. The van der Waals surface area contributed by atoms with Crippen LogP contribution in [0.25, 0.3) is 0 Å². The highest BCUT2D eigenvalue weighted by molar-refractivity contribution is 7.87. The summed E-state index contributed by atoms with van der Waals surface area (Å²) < 4.78 is 31.3. The molecule has 1 aliphatic rings. The van der Waals surface area contributed by atoms with E-state index in [9.17, 15) is 13.2 Å². The Bertz CT molecular complexity index is 357. The molecule has 1 atom stereocenters. The molecule has 0 aromatic rings. The second-order valence-electron chi connectivity index (χ2n) is 3.81. The second kappa shape index (κ2) is 6.18. The molecule has 1 amide bonds. The van der Waals surface area contributed by atoms with E-state index in [4.69, 9.17) is 0 Å². The lowest BCUT2D eigenvalue weighted by atomic mass is 10.1. The van der Waals surface area contributed by atoms with E-state index in [0.29, 0.717) is 13.1 Å². The van der Waals surface area contributed by atoms with Gasteiger partial charge >= 0.3 is 16.3 Å². The summed E-state index contributed by atoms with van der Waals surface area (Å²) in [4.78, 5) is 11.1. The molecule has 7 nitrogen and oxygen atoms in total. The van der Waals surface area contributed by atoms with Crippen molar-refractivity contribution >= 4 is 16.3 Å². The SMILES string of the molecule is CCOC(=O)NS(=O)(=O)N1CCCC(NC)C1. The van der Waals surface area contributed by atoms with Crippen molar-refractivity contribution in [3.63, 3.8) is 0 Å². The third-order valence-electron chi connectivity index (χ3n) is 2.62. The minimum absolute atomic E-state index is 0.127. The molecule has 0 saturated carbocycles. The van der Waals surface area contributed by atoms with Gasteiger partial charge in [-0.2, -0.15) is 12.7 Å². The van der Waals surface area contributed by atoms with Crippen LogP contribution in [0.4, 0.5) is 4.79 Å². The Balaban J connectivity index is 2.60. The molecule has 100 valence electrons. The lowest BCUT2D eigenvalue weighted by Gasteiger charge is -2.31. The number of hydrogen-bond donors (Lipinski definition) is 2. The van der Waals surface area contributed by atoms with Crippen molar-refractivity contribution in [2.75, 3.05) is 26.7 Å². The number of carbonyl (C=O) groups excluding carboxylic acids is 1. The van der Waals surface area contributed by atoms with Crippen LogP contribution in [0, 0.1) is 0 Å². The van der Waals surface area contributed by atoms with Gasteiger partial charge < -0.3 is 10.1 Å². The zero-order valence-electron chi connectivity index (χ0n) is 10.1. The number of ether oxygens (including phenoxy) is 1. The highest BCUT2D eigenvalue weighted by Crippen LogP contribution is 2.12. The van der Waals surface area contributed by atoms with E-state index in [1.54, 1.807) is 14.0 Å². The average Bonchev–Trinajstić information content (AvgIpc) is 2.28. The highest BCUT2D eigenvalue weighted by Gasteiger charge is 2.29. The standard InChI is InChI=1S/C9H19N3O4S/c1-3-16-9(13)11-17(14,15)12-6-4-5-8(7-12)10-2/h8,10H,3-7H2,1-2H3,(H,11,13). The average molecular weight is 265 g/mol. The largest absolute Gasteiger partial charge is 0.449 e. The minimum atomic E-state index is -3.78. The number of amides is 1. The molecule has 1 fully saturated rings. The molecule has 8 heteroatoms. The van der Waals surface area contributed by atoms with Gasteiger partial charge in [0, 0.05) is 19.1 Å². The molecule has 1 heterocycles. The first-order chi connectivity index (χ1) is 7.99. The van der Waals surface area contributed by atoms with Gasteiger partial charge in [0.15, 0.2) is 0 Å². The predicted octanol–water partition coefficient (Wildman–Crippen LogP) is -0.339. The monoisotopic (exact) mass is 265 g/mol. The van der Waals surface area contributed by atoms with Crippen molar-refractivity contribution < 1.29 is 17.9 Å². The van der Waals surface area contributed by atoms with Crippen molar-refractivity contribution in [1.82, 2.24) is 14.3 Å². The number of likely N-dealkylation sites (N-methyl/N-ethyl adjacent to an activating group) is 1. The topological polar surface area (TPSA) is 87.7 Å². The van der Waals surface area contributed by atoms with Crippen LogP contribution in [-0.4, -0.2) is 51.6 Å². The van der Waals surface area contributed by atoms with Crippen molar-refractivity contribution in [3.8, 4) is 0 Å². The molecular formula is C9H19N3O4S. The van der Waals surface area contributed by atoms with E-state index >= 15 is 0 Å². The molecule has 0 aromatic carbocycles. The fourth-order valence-electron chi connectivity index (χ4n) is 1.73. The van der Waals surface area contributed by atoms with Crippen LogP contribution in [0.3, 0.4) is 0 Å². The Labute approximate surface area is 102 Å². The number of piperidine rings is 1. The Kier molecular flexibility index (Phi) is 5.16. The maximum atomic E-state index is 11.8. The molecule has 0 aliphatic carbocycles. The van der Waals surface area contributed by atoms with Crippen LogP contribution in [0.2, 0.25) is 0 Å². The fraction of sp³-hybridized carbons (Fsp3) is 0.889. The number of rotatable bonds is 4. The molecule has 0 spiro atoms. The number of nitrogens with zero attached hydrogens (tertiary/aromatic N) is 1. The van der Waals surface area contributed by atoms with E-state index in [2.05, 4.69) is 10.1 Å². The van der Waals surface area contributed by atoms with Gasteiger partial charge in [-0.25, -0.2) is 9.52 Å². The van der Waals surface area contributed by atoms with E-state index in [-0.39, 0.29) is 12.6 Å². The van der Waals surface area contributed by atoms with Gasteiger partial charge in [0.2, 0.25) is 0 Å². The maximum absolute atomic E-state index is 11.8. The Morgan fingerprint density at radius 3 is 2.82 bits per heavy atom. The van der Waals surface area contributed by atoms with E-state index in [1.165, 1.54) is 4.31 Å². The molecule has 2 N–H and O–H groups in total. The summed E-state index contributed by atoms with van der Waals surface area (Å²) >= 11 is 0. The van der Waals surface area contributed by atoms with E-state index in [1.807, 2.05) is 4.72 Å². The van der Waals surface area contributed by atoms with Crippen molar-refractivity contribution in [1.29, 1.82) is 0 Å². The first-order valence-electron chi connectivity index (χ1n) is 5.61. The van der Waals surface area contributed by atoms with Crippen LogP contribution in [0.1, 0.15) is 19.8 Å². The second-order valence-corrected chi connectivity index (χ2v) is 5.48. The molecule has 1 aliphatic heterocycles. The van der Waals surface area contributed by atoms with Crippen molar-refractivity contribution in [2.24, 2.45) is 0 Å². The summed E-state index contributed by atoms with van der Waals surface area (Å²) in [6, 6.07) is 0.127. The summed E-state index contributed by atoms with van der Waals surface area (Å²) in [6.07, 6.45) is 0.774. The van der Waals surface area contributed by atoms with Crippen LogP contribution < -0.4 is 10.0 Å². The third-order valence-corrected chi connectivity index (χ3v) is 4.06. The zero-order chi connectivity index (χ0) is 12.9. The lowest BCUT2D eigenvalue weighted by molar-refractivity contribution is 0.157. The number of nitrogens with one attached hydrogen (secondary N) is 2. The molecule has 1 unspecified atom stereocenters. The van der Waals surface area contributed by atoms with Crippen LogP contribution in [0.5, 0.6) is 0 Å². The molecule has 0 radical (unpaired) electrons. The van der Waals surface area contributed by atoms with Gasteiger partial charge in [-0.1, -0.05) is 0 Å². The van der Waals surface area contributed by atoms with Gasteiger partial charge in [0.25, 0.3) is 0 Å². The Morgan fingerprint density at radius 2 is 2.24 bits per heavy atom. The van der Waals surface area contributed by atoms with Gasteiger partial charge in [-0.3, -0.25) is 0 Å². The Morgan fingerprint density at radius 1 is 1.53 bits per heavy atom.